The van der Waals surface area contributed by atoms with Crippen molar-refractivity contribution in [2.24, 2.45) is 5.92 Å². The van der Waals surface area contributed by atoms with E-state index in [1.54, 1.807) is 6.07 Å². The van der Waals surface area contributed by atoms with E-state index in [1.807, 2.05) is 26.0 Å². The predicted molar refractivity (Wildman–Crippen MR) is 104 cm³/mol. The summed E-state index contributed by atoms with van der Waals surface area (Å²) in [5.41, 5.74) is 3.40. The van der Waals surface area contributed by atoms with Gasteiger partial charge in [0.25, 0.3) is 5.91 Å². The number of aromatic amines is 1. The van der Waals surface area contributed by atoms with E-state index in [0.717, 1.165) is 34.2 Å². The van der Waals surface area contributed by atoms with E-state index in [-0.39, 0.29) is 24.6 Å². The fraction of sp³-hybridized carbons (Fsp3) is 0.273. The number of likely N-dealkylation sites (tertiary alicyclic amines) is 1. The highest BCUT2D eigenvalue weighted by molar-refractivity contribution is 5.99. The highest BCUT2D eigenvalue weighted by Gasteiger charge is 2.42. The number of amides is 1. The average Bonchev–Trinajstić information content (AvgIpc) is 3.26. The van der Waals surface area contributed by atoms with Gasteiger partial charge >= 0.3 is 5.97 Å². The van der Waals surface area contributed by atoms with Crippen LogP contribution >= 0.6 is 0 Å². The SMILES string of the molecule is Cc1cc(C)c2cc(C(=O)N3C[C@H](C(=O)O)[C@@H](c4ccc(F)cc4F)C3)[nH]c2c1. The number of fused-ring (bicyclic) bond motifs is 1. The summed E-state index contributed by atoms with van der Waals surface area (Å²) < 4.78 is 27.5. The Labute approximate surface area is 166 Å². The molecule has 0 aliphatic carbocycles. The van der Waals surface area contributed by atoms with Crippen molar-refractivity contribution in [2.75, 3.05) is 13.1 Å². The Bertz CT molecular complexity index is 1140. The smallest absolute Gasteiger partial charge is 0.308 e. The molecule has 1 aliphatic heterocycles. The molecule has 29 heavy (non-hydrogen) atoms. The van der Waals surface area contributed by atoms with E-state index in [2.05, 4.69) is 4.98 Å². The molecule has 1 saturated heterocycles. The van der Waals surface area contributed by atoms with Gasteiger partial charge in [0.1, 0.15) is 17.3 Å². The molecule has 1 fully saturated rings. The second-order valence-corrected chi connectivity index (χ2v) is 7.65. The van der Waals surface area contributed by atoms with E-state index < -0.39 is 29.4 Å². The molecule has 2 N–H and O–H groups in total. The molecular weight excluding hydrogens is 378 g/mol. The Kier molecular flexibility index (Phi) is 4.61. The quantitative estimate of drug-likeness (QED) is 0.700. The molecule has 0 spiro atoms. The number of rotatable bonds is 3. The van der Waals surface area contributed by atoms with Gasteiger partial charge in [-0.3, -0.25) is 9.59 Å². The fourth-order valence-corrected chi connectivity index (χ4v) is 4.22. The van der Waals surface area contributed by atoms with Crippen LogP contribution in [-0.2, 0) is 4.79 Å². The Balaban J connectivity index is 1.66. The van der Waals surface area contributed by atoms with E-state index in [9.17, 15) is 23.5 Å². The van der Waals surface area contributed by atoms with Crippen LogP contribution in [0.15, 0.2) is 36.4 Å². The van der Waals surface area contributed by atoms with Crippen molar-refractivity contribution in [2.45, 2.75) is 19.8 Å². The zero-order valence-electron chi connectivity index (χ0n) is 16.0. The topological polar surface area (TPSA) is 73.4 Å². The van der Waals surface area contributed by atoms with Crippen molar-refractivity contribution < 1.29 is 23.5 Å². The molecule has 0 saturated carbocycles. The third-order valence-electron chi connectivity index (χ3n) is 5.61. The number of hydrogen-bond donors (Lipinski definition) is 2. The molecule has 1 aliphatic rings. The second kappa shape index (κ2) is 6.99. The maximum Gasteiger partial charge on any atom is 0.308 e. The first-order chi connectivity index (χ1) is 13.7. The van der Waals surface area contributed by atoms with Crippen LogP contribution in [0.3, 0.4) is 0 Å². The number of aryl methyl sites for hydroxylation is 2. The van der Waals surface area contributed by atoms with Gasteiger partial charge in [-0.15, -0.1) is 0 Å². The molecule has 7 heteroatoms. The number of nitrogens with one attached hydrogen (secondary N) is 1. The van der Waals surface area contributed by atoms with Gasteiger partial charge < -0.3 is 15.0 Å². The molecular formula is C22H20F2N2O3. The van der Waals surface area contributed by atoms with Gasteiger partial charge in [-0.1, -0.05) is 12.1 Å². The number of hydrogen-bond acceptors (Lipinski definition) is 2. The Hall–Kier alpha value is -3.22. The molecule has 1 amide bonds. The van der Waals surface area contributed by atoms with Gasteiger partial charge in [0.15, 0.2) is 0 Å². The van der Waals surface area contributed by atoms with E-state index >= 15 is 0 Å². The number of halogens is 2. The number of carbonyl (C=O) groups excluding carboxylic acids is 1. The third kappa shape index (κ3) is 3.37. The lowest BCUT2D eigenvalue weighted by atomic mass is 9.88. The zero-order chi connectivity index (χ0) is 20.9. The van der Waals surface area contributed by atoms with Crippen molar-refractivity contribution in [1.29, 1.82) is 0 Å². The van der Waals surface area contributed by atoms with Crippen molar-refractivity contribution in [3.05, 3.63) is 70.4 Å². The largest absolute Gasteiger partial charge is 0.481 e. The summed E-state index contributed by atoms with van der Waals surface area (Å²) >= 11 is 0. The first kappa shape index (κ1) is 19.1. The molecule has 5 nitrogen and oxygen atoms in total. The molecule has 150 valence electrons. The van der Waals surface area contributed by atoms with Crippen LogP contribution in [0.2, 0.25) is 0 Å². The van der Waals surface area contributed by atoms with E-state index in [4.69, 9.17) is 0 Å². The summed E-state index contributed by atoms with van der Waals surface area (Å²) in [5.74, 6) is -4.69. The lowest BCUT2D eigenvalue weighted by molar-refractivity contribution is -0.141. The summed E-state index contributed by atoms with van der Waals surface area (Å²) in [4.78, 5) is 29.3. The molecule has 4 rings (SSSR count). The third-order valence-corrected chi connectivity index (χ3v) is 5.61. The first-order valence-corrected chi connectivity index (χ1v) is 9.31. The average molecular weight is 398 g/mol. The molecule has 2 aromatic carbocycles. The maximum absolute atomic E-state index is 14.3. The number of aliphatic carboxylic acids is 1. The number of H-pyrrole nitrogens is 1. The monoisotopic (exact) mass is 398 g/mol. The van der Waals surface area contributed by atoms with Crippen molar-refractivity contribution >= 4 is 22.8 Å². The minimum Gasteiger partial charge on any atom is -0.481 e. The lowest BCUT2D eigenvalue weighted by Crippen LogP contribution is -2.30. The fourth-order valence-electron chi connectivity index (χ4n) is 4.22. The minimum atomic E-state index is -1.11. The van der Waals surface area contributed by atoms with Gasteiger partial charge in [-0.2, -0.15) is 0 Å². The maximum atomic E-state index is 14.3. The van der Waals surface area contributed by atoms with Crippen LogP contribution in [0.1, 0.15) is 33.1 Å². The summed E-state index contributed by atoms with van der Waals surface area (Å²) in [7, 11) is 0. The normalized spacial score (nSPS) is 19.1. The summed E-state index contributed by atoms with van der Waals surface area (Å²) in [5, 5.41) is 10.5. The Morgan fingerprint density at radius 1 is 1.10 bits per heavy atom. The van der Waals surface area contributed by atoms with Crippen LogP contribution in [0, 0.1) is 31.4 Å². The van der Waals surface area contributed by atoms with Gasteiger partial charge in [-0.05, 0) is 48.7 Å². The number of carboxylic acid groups (broad SMARTS) is 1. The highest BCUT2D eigenvalue weighted by Crippen LogP contribution is 2.35. The van der Waals surface area contributed by atoms with Gasteiger partial charge in [0.2, 0.25) is 0 Å². The van der Waals surface area contributed by atoms with Crippen LogP contribution in [0.25, 0.3) is 10.9 Å². The molecule has 1 aromatic heterocycles. The number of nitrogens with zero attached hydrogens (tertiary/aromatic N) is 1. The summed E-state index contributed by atoms with van der Waals surface area (Å²) in [6.45, 7) is 3.93. The van der Waals surface area contributed by atoms with E-state index in [0.29, 0.717) is 5.69 Å². The molecule has 0 unspecified atom stereocenters. The number of carboxylic acids is 1. The number of carbonyl (C=O) groups is 2. The number of aromatic nitrogens is 1. The Morgan fingerprint density at radius 2 is 1.86 bits per heavy atom. The molecule has 0 bridgehead atoms. The van der Waals surface area contributed by atoms with Crippen LogP contribution in [-0.4, -0.2) is 40.0 Å². The molecule has 0 radical (unpaired) electrons. The summed E-state index contributed by atoms with van der Waals surface area (Å²) in [6.07, 6.45) is 0. The van der Waals surface area contributed by atoms with Crippen LogP contribution < -0.4 is 0 Å². The molecule has 2 atom stereocenters. The standard InChI is InChI=1S/C22H20F2N2O3/c1-11-5-12(2)15-8-20(25-19(15)6-11)21(27)26-9-16(17(10-26)22(28)29)14-4-3-13(23)7-18(14)24/h3-8,16-17,25H,9-10H2,1-2H3,(H,28,29)/t16-,17+/m1/s1. The van der Waals surface area contributed by atoms with Crippen molar-refractivity contribution in [3.8, 4) is 0 Å². The Morgan fingerprint density at radius 3 is 2.55 bits per heavy atom. The highest BCUT2D eigenvalue weighted by atomic mass is 19.1. The molecule has 3 aromatic rings. The van der Waals surface area contributed by atoms with Crippen molar-refractivity contribution in [3.63, 3.8) is 0 Å². The van der Waals surface area contributed by atoms with Gasteiger partial charge in [-0.25, -0.2) is 8.78 Å². The molecule has 2 heterocycles. The van der Waals surface area contributed by atoms with Crippen LogP contribution in [0.4, 0.5) is 8.78 Å². The predicted octanol–water partition coefficient (Wildman–Crippen LogP) is 4.00. The number of benzene rings is 2. The summed E-state index contributed by atoms with van der Waals surface area (Å²) in [6, 6.07) is 8.82. The lowest BCUT2D eigenvalue weighted by Gasteiger charge is -2.16. The first-order valence-electron chi connectivity index (χ1n) is 9.31. The zero-order valence-corrected chi connectivity index (χ0v) is 16.0. The van der Waals surface area contributed by atoms with Gasteiger partial charge in [0.05, 0.1) is 5.92 Å². The second-order valence-electron chi connectivity index (χ2n) is 7.65. The van der Waals surface area contributed by atoms with Crippen LogP contribution in [0.5, 0.6) is 0 Å². The van der Waals surface area contributed by atoms with E-state index in [1.165, 1.54) is 11.0 Å². The van der Waals surface area contributed by atoms with Crippen molar-refractivity contribution in [1.82, 2.24) is 9.88 Å². The van der Waals surface area contributed by atoms with Gasteiger partial charge in [0, 0.05) is 36.0 Å². The minimum absolute atomic E-state index is 0.0387.